The van der Waals surface area contributed by atoms with Crippen LogP contribution < -0.4 is 5.32 Å². The Balaban J connectivity index is 2.26. The molecule has 2 rings (SSSR count). The number of nitro groups is 1. The minimum Gasteiger partial charge on any atom is -0.362 e. The average Bonchev–Trinajstić information content (AvgIpc) is 2.67. The zero-order chi connectivity index (χ0) is 13.1. The van der Waals surface area contributed by atoms with Gasteiger partial charge in [-0.1, -0.05) is 0 Å². The van der Waals surface area contributed by atoms with Gasteiger partial charge in [-0.15, -0.1) is 0 Å². The van der Waals surface area contributed by atoms with Gasteiger partial charge in [-0.25, -0.2) is 4.68 Å². The molecule has 0 saturated carbocycles. The first kappa shape index (κ1) is 13.2. The molecule has 0 aromatic carbocycles. The maximum absolute atomic E-state index is 11.1. The van der Waals surface area contributed by atoms with E-state index in [0.29, 0.717) is 24.1 Å². The van der Waals surface area contributed by atoms with Crippen molar-refractivity contribution in [2.24, 2.45) is 0 Å². The second-order valence-electron chi connectivity index (χ2n) is 4.39. The van der Waals surface area contributed by atoms with Crippen LogP contribution in [0.15, 0.2) is 0 Å². The molecule has 6 nitrogen and oxygen atoms in total. The van der Waals surface area contributed by atoms with Gasteiger partial charge in [0.05, 0.1) is 4.92 Å². The highest BCUT2D eigenvalue weighted by Gasteiger charge is 2.27. The fraction of sp³-hybridized carbons (Fsp3) is 0.727. The molecule has 0 unspecified atom stereocenters. The second-order valence-corrected chi connectivity index (χ2v) is 5.61. The van der Waals surface area contributed by atoms with E-state index in [0.717, 1.165) is 24.3 Å². The second kappa shape index (κ2) is 5.60. The third-order valence-corrected chi connectivity index (χ3v) is 4.19. The summed E-state index contributed by atoms with van der Waals surface area (Å²) in [6, 6.07) is 0.325. The number of rotatable bonds is 4. The maximum Gasteiger partial charge on any atom is 0.333 e. The van der Waals surface area contributed by atoms with E-state index in [9.17, 15) is 10.1 Å². The Morgan fingerprint density at radius 1 is 1.56 bits per heavy atom. The van der Waals surface area contributed by atoms with Crippen molar-refractivity contribution in [3.05, 3.63) is 15.8 Å². The van der Waals surface area contributed by atoms with Gasteiger partial charge in [0.2, 0.25) is 5.82 Å². The Kier molecular flexibility index (Phi) is 4.11. The molecule has 1 fully saturated rings. The SMILES string of the molecule is CCn1nc(C)c([N+](=O)[O-])c1NC1CCSCC1. The topological polar surface area (TPSA) is 73.0 Å². The van der Waals surface area contributed by atoms with Crippen LogP contribution in [0.25, 0.3) is 0 Å². The molecule has 0 bridgehead atoms. The molecule has 1 N–H and O–H groups in total. The molecule has 0 amide bonds. The van der Waals surface area contributed by atoms with Crippen LogP contribution in [-0.2, 0) is 6.54 Å². The van der Waals surface area contributed by atoms with Crippen LogP contribution in [0.4, 0.5) is 11.5 Å². The standard InChI is InChI=1S/C11H18N4O2S/c1-3-14-11(10(15(16)17)8(2)13-14)12-9-4-6-18-7-5-9/h9,12H,3-7H2,1-2H3. The molecular formula is C11H18N4O2S. The third kappa shape index (κ3) is 2.60. The largest absolute Gasteiger partial charge is 0.362 e. The van der Waals surface area contributed by atoms with Crippen LogP contribution in [-0.4, -0.2) is 32.3 Å². The van der Waals surface area contributed by atoms with Gasteiger partial charge in [-0.2, -0.15) is 16.9 Å². The quantitative estimate of drug-likeness (QED) is 0.672. The molecule has 18 heavy (non-hydrogen) atoms. The number of anilines is 1. The van der Waals surface area contributed by atoms with E-state index >= 15 is 0 Å². The van der Waals surface area contributed by atoms with Crippen molar-refractivity contribution in [2.75, 3.05) is 16.8 Å². The Morgan fingerprint density at radius 3 is 2.78 bits per heavy atom. The molecule has 0 aliphatic carbocycles. The van der Waals surface area contributed by atoms with Gasteiger partial charge in [0, 0.05) is 12.6 Å². The van der Waals surface area contributed by atoms with E-state index in [2.05, 4.69) is 10.4 Å². The summed E-state index contributed by atoms with van der Waals surface area (Å²) in [4.78, 5) is 10.8. The molecule has 0 atom stereocenters. The molecule has 1 aliphatic heterocycles. The Bertz CT molecular complexity index is 440. The molecule has 100 valence electrons. The Morgan fingerprint density at radius 2 is 2.22 bits per heavy atom. The monoisotopic (exact) mass is 270 g/mol. The van der Waals surface area contributed by atoms with Gasteiger partial charge >= 0.3 is 5.69 Å². The minimum absolute atomic E-state index is 0.120. The fourth-order valence-corrected chi connectivity index (χ4v) is 3.30. The summed E-state index contributed by atoms with van der Waals surface area (Å²) in [6.07, 6.45) is 2.10. The fourth-order valence-electron chi connectivity index (χ4n) is 2.20. The first-order chi connectivity index (χ1) is 8.63. The normalized spacial score (nSPS) is 16.8. The number of nitrogens with one attached hydrogen (secondary N) is 1. The predicted octanol–water partition coefficient (Wildman–Crippen LogP) is 2.43. The van der Waals surface area contributed by atoms with E-state index in [1.807, 2.05) is 18.7 Å². The lowest BCUT2D eigenvalue weighted by Crippen LogP contribution is -2.26. The van der Waals surface area contributed by atoms with Crippen molar-refractivity contribution in [3.63, 3.8) is 0 Å². The summed E-state index contributed by atoms with van der Waals surface area (Å²) in [5.74, 6) is 2.80. The lowest BCUT2D eigenvalue weighted by Gasteiger charge is -2.23. The van der Waals surface area contributed by atoms with Gasteiger partial charge in [0.15, 0.2) is 0 Å². The van der Waals surface area contributed by atoms with Crippen molar-refractivity contribution in [2.45, 2.75) is 39.3 Å². The van der Waals surface area contributed by atoms with E-state index < -0.39 is 0 Å². The Labute approximate surface area is 110 Å². The van der Waals surface area contributed by atoms with Gasteiger partial charge in [-0.05, 0) is 38.2 Å². The van der Waals surface area contributed by atoms with Crippen LogP contribution in [0.1, 0.15) is 25.5 Å². The summed E-state index contributed by atoms with van der Waals surface area (Å²) in [6.45, 7) is 4.27. The van der Waals surface area contributed by atoms with Gasteiger partial charge < -0.3 is 5.32 Å². The molecular weight excluding hydrogens is 252 g/mol. The maximum atomic E-state index is 11.1. The number of aromatic nitrogens is 2. The zero-order valence-corrected chi connectivity index (χ0v) is 11.5. The molecule has 0 radical (unpaired) electrons. The summed E-state index contributed by atoms with van der Waals surface area (Å²) in [5.41, 5.74) is 0.601. The van der Waals surface area contributed by atoms with Crippen molar-refractivity contribution < 1.29 is 4.92 Å². The van der Waals surface area contributed by atoms with E-state index in [4.69, 9.17) is 0 Å². The van der Waals surface area contributed by atoms with Crippen LogP contribution in [0, 0.1) is 17.0 Å². The van der Waals surface area contributed by atoms with Crippen LogP contribution >= 0.6 is 11.8 Å². The van der Waals surface area contributed by atoms with Crippen molar-refractivity contribution in [3.8, 4) is 0 Å². The number of nitrogens with zero attached hydrogens (tertiary/aromatic N) is 3. The molecule has 1 aromatic heterocycles. The lowest BCUT2D eigenvalue weighted by atomic mass is 10.1. The third-order valence-electron chi connectivity index (χ3n) is 3.14. The summed E-state index contributed by atoms with van der Waals surface area (Å²) < 4.78 is 1.69. The summed E-state index contributed by atoms with van der Waals surface area (Å²) in [7, 11) is 0. The highest BCUT2D eigenvalue weighted by atomic mass is 32.2. The van der Waals surface area contributed by atoms with Gasteiger partial charge in [-0.3, -0.25) is 10.1 Å². The molecule has 7 heteroatoms. The summed E-state index contributed by atoms with van der Waals surface area (Å²) in [5, 5.41) is 18.7. The summed E-state index contributed by atoms with van der Waals surface area (Å²) >= 11 is 1.94. The number of aryl methyl sites for hydroxylation is 2. The van der Waals surface area contributed by atoms with Gasteiger partial charge in [0.25, 0.3) is 0 Å². The zero-order valence-electron chi connectivity index (χ0n) is 10.7. The minimum atomic E-state index is -0.339. The lowest BCUT2D eigenvalue weighted by molar-refractivity contribution is -0.384. The highest BCUT2D eigenvalue weighted by Crippen LogP contribution is 2.30. The highest BCUT2D eigenvalue weighted by molar-refractivity contribution is 7.99. The van der Waals surface area contributed by atoms with E-state index in [-0.39, 0.29) is 10.6 Å². The molecule has 1 aromatic rings. The van der Waals surface area contributed by atoms with Crippen LogP contribution in [0.2, 0.25) is 0 Å². The van der Waals surface area contributed by atoms with E-state index in [1.165, 1.54) is 0 Å². The molecule has 0 spiro atoms. The number of hydrogen-bond acceptors (Lipinski definition) is 5. The van der Waals surface area contributed by atoms with Crippen LogP contribution in [0.5, 0.6) is 0 Å². The van der Waals surface area contributed by atoms with Crippen molar-refractivity contribution >= 4 is 23.3 Å². The van der Waals surface area contributed by atoms with Crippen molar-refractivity contribution in [1.82, 2.24) is 9.78 Å². The smallest absolute Gasteiger partial charge is 0.333 e. The van der Waals surface area contributed by atoms with E-state index in [1.54, 1.807) is 11.6 Å². The number of thioether (sulfide) groups is 1. The number of hydrogen-bond donors (Lipinski definition) is 1. The first-order valence-electron chi connectivity index (χ1n) is 6.19. The molecule has 1 saturated heterocycles. The first-order valence-corrected chi connectivity index (χ1v) is 7.35. The Hall–Kier alpha value is -1.24. The van der Waals surface area contributed by atoms with Gasteiger partial charge in [0.1, 0.15) is 5.69 Å². The molecule has 1 aliphatic rings. The molecule has 2 heterocycles. The predicted molar refractivity (Wildman–Crippen MR) is 73.3 cm³/mol. The van der Waals surface area contributed by atoms with Crippen molar-refractivity contribution in [1.29, 1.82) is 0 Å². The average molecular weight is 270 g/mol. The van der Waals surface area contributed by atoms with Crippen LogP contribution in [0.3, 0.4) is 0 Å².